The van der Waals surface area contributed by atoms with Crippen LogP contribution in [0.4, 0.5) is 5.69 Å². The zero-order chi connectivity index (χ0) is 10.8. The van der Waals surface area contributed by atoms with Gasteiger partial charge in [-0.15, -0.1) is 0 Å². The van der Waals surface area contributed by atoms with E-state index in [9.17, 15) is 4.79 Å². The third-order valence-corrected chi connectivity index (χ3v) is 2.01. The maximum Gasteiger partial charge on any atom is 0.340 e. The molecule has 0 amide bonds. The number of H-pyrrole nitrogens is 2. The zero-order valence-corrected chi connectivity index (χ0v) is 8.07. The Hall–Kier alpha value is -2.24. The van der Waals surface area contributed by atoms with E-state index in [2.05, 4.69) is 15.2 Å². The molecule has 1 aromatic heterocycles. The lowest BCUT2D eigenvalue weighted by Gasteiger charge is -2.04. The first-order chi connectivity index (χ1) is 7.20. The molecule has 0 atom stereocenters. The number of rotatable bonds is 2. The molecular weight excluding hydrogens is 196 g/mol. The van der Waals surface area contributed by atoms with Crippen LogP contribution in [0.2, 0.25) is 0 Å². The summed E-state index contributed by atoms with van der Waals surface area (Å²) in [6.45, 7) is 0. The SMILES string of the molecule is COc1cc(-c2n[nH]c(=O)[nH]2)ccc1N. The number of nitrogens with two attached hydrogens (primary N) is 1. The molecule has 0 unspecified atom stereocenters. The van der Waals surface area contributed by atoms with E-state index in [4.69, 9.17) is 10.5 Å². The van der Waals surface area contributed by atoms with E-state index < -0.39 is 0 Å². The Labute approximate surface area is 85.1 Å². The fourth-order valence-electron chi connectivity index (χ4n) is 1.27. The number of anilines is 1. The van der Waals surface area contributed by atoms with Gasteiger partial charge in [0.25, 0.3) is 0 Å². The van der Waals surface area contributed by atoms with Gasteiger partial charge in [0.1, 0.15) is 5.75 Å². The van der Waals surface area contributed by atoms with E-state index in [-0.39, 0.29) is 5.69 Å². The number of hydrogen-bond acceptors (Lipinski definition) is 4. The molecule has 0 aliphatic carbocycles. The van der Waals surface area contributed by atoms with Crippen molar-refractivity contribution in [2.45, 2.75) is 0 Å². The number of hydrogen-bond donors (Lipinski definition) is 3. The molecule has 0 saturated heterocycles. The fraction of sp³-hybridized carbons (Fsp3) is 0.111. The Morgan fingerprint density at radius 2 is 2.27 bits per heavy atom. The monoisotopic (exact) mass is 206 g/mol. The summed E-state index contributed by atoms with van der Waals surface area (Å²) in [6, 6.07) is 5.16. The third kappa shape index (κ3) is 1.69. The molecule has 0 fully saturated rings. The fourth-order valence-corrected chi connectivity index (χ4v) is 1.27. The number of nitrogens with one attached hydrogen (secondary N) is 2. The molecule has 2 rings (SSSR count). The third-order valence-electron chi connectivity index (χ3n) is 2.01. The van der Waals surface area contributed by atoms with E-state index in [1.807, 2.05) is 0 Å². The average Bonchev–Trinajstić information content (AvgIpc) is 2.66. The standard InChI is InChI=1S/C9H10N4O2/c1-15-7-4-5(2-3-6(7)10)8-11-9(14)13-12-8/h2-4H,10H2,1H3,(H2,11,12,13,14). The van der Waals surface area contributed by atoms with Crippen LogP contribution in [0.5, 0.6) is 5.75 Å². The molecule has 4 N–H and O–H groups in total. The summed E-state index contributed by atoms with van der Waals surface area (Å²) < 4.78 is 5.06. The van der Waals surface area contributed by atoms with Crippen molar-refractivity contribution in [2.75, 3.05) is 12.8 Å². The van der Waals surface area contributed by atoms with E-state index in [0.717, 1.165) is 5.56 Å². The molecule has 78 valence electrons. The minimum absolute atomic E-state index is 0.346. The van der Waals surface area contributed by atoms with Crippen LogP contribution in [-0.2, 0) is 0 Å². The van der Waals surface area contributed by atoms with Crippen molar-refractivity contribution < 1.29 is 4.74 Å². The topological polar surface area (TPSA) is 96.8 Å². The first kappa shape index (κ1) is 9.32. The van der Waals surface area contributed by atoms with Crippen molar-refractivity contribution in [2.24, 2.45) is 0 Å². The molecule has 15 heavy (non-hydrogen) atoms. The number of ether oxygens (including phenoxy) is 1. The van der Waals surface area contributed by atoms with Crippen molar-refractivity contribution in [1.82, 2.24) is 15.2 Å². The smallest absolute Gasteiger partial charge is 0.340 e. The molecule has 0 radical (unpaired) electrons. The lowest BCUT2D eigenvalue weighted by atomic mass is 10.2. The predicted octanol–water partition coefficient (Wildman–Crippen LogP) is 0.356. The first-order valence-electron chi connectivity index (χ1n) is 4.29. The van der Waals surface area contributed by atoms with Crippen molar-refractivity contribution in [3.05, 3.63) is 28.7 Å². The van der Waals surface area contributed by atoms with E-state index in [1.54, 1.807) is 18.2 Å². The maximum atomic E-state index is 10.9. The van der Waals surface area contributed by atoms with Crippen LogP contribution in [0.1, 0.15) is 0 Å². The number of aromatic amines is 2. The summed E-state index contributed by atoms with van der Waals surface area (Å²) in [6.07, 6.45) is 0. The lowest BCUT2D eigenvalue weighted by Crippen LogP contribution is -2.00. The minimum Gasteiger partial charge on any atom is -0.495 e. The number of nitrogen functional groups attached to an aromatic ring is 1. The van der Waals surface area contributed by atoms with Crippen LogP contribution in [-0.4, -0.2) is 22.3 Å². The Bertz CT molecular complexity index is 529. The van der Waals surface area contributed by atoms with Gasteiger partial charge in [0.15, 0.2) is 5.82 Å². The summed E-state index contributed by atoms with van der Waals surface area (Å²) in [5.41, 5.74) is 6.59. The number of aromatic nitrogens is 3. The Kier molecular flexibility index (Phi) is 2.17. The molecular formula is C9H10N4O2. The lowest BCUT2D eigenvalue weighted by molar-refractivity contribution is 0.417. The second-order valence-electron chi connectivity index (χ2n) is 2.98. The van der Waals surface area contributed by atoms with Gasteiger partial charge >= 0.3 is 5.69 Å². The Balaban J connectivity index is 2.50. The van der Waals surface area contributed by atoms with Crippen LogP contribution in [0.3, 0.4) is 0 Å². The maximum absolute atomic E-state index is 10.9. The predicted molar refractivity (Wildman–Crippen MR) is 55.6 cm³/mol. The summed E-state index contributed by atoms with van der Waals surface area (Å²) in [4.78, 5) is 13.4. The molecule has 6 heteroatoms. The quantitative estimate of drug-likeness (QED) is 0.618. The first-order valence-corrected chi connectivity index (χ1v) is 4.29. The van der Waals surface area contributed by atoms with Crippen LogP contribution in [0, 0.1) is 0 Å². The molecule has 0 aliphatic heterocycles. The van der Waals surface area contributed by atoms with Crippen LogP contribution in [0.15, 0.2) is 23.0 Å². The van der Waals surface area contributed by atoms with Crippen molar-refractivity contribution >= 4 is 5.69 Å². The summed E-state index contributed by atoms with van der Waals surface area (Å²) in [5.74, 6) is 1.01. The van der Waals surface area contributed by atoms with E-state index in [0.29, 0.717) is 17.3 Å². The average molecular weight is 206 g/mol. The van der Waals surface area contributed by atoms with Gasteiger partial charge in [-0.05, 0) is 18.2 Å². The molecule has 0 spiro atoms. The van der Waals surface area contributed by atoms with Crippen molar-refractivity contribution in [3.8, 4) is 17.1 Å². The van der Waals surface area contributed by atoms with Crippen LogP contribution >= 0.6 is 0 Å². The van der Waals surface area contributed by atoms with Crippen molar-refractivity contribution in [3.63, 3.8) is 0 Å². The van der Waals surface area contributed by atoms with Gasteiger partial charge in [-0.25, -0.2) is 9.89 Å². The summed E-state index contributed by atoms with van der Waals surface area (Å²) in [5, 5.41) is 6.09. The highest BCUT2D eigenvalue weighted by Crippen LogP contribution is 2.26. The molecule has 0 aliphatic rings. The second kappa shape index (κ2) is 3.49. The highest BCUT2D eigenvalue weighted by molar-refractivity contribution is 5.64. The largest absolute Gasteiger partial charge is 0.495 e. The minimum atomic E-state index is -0.346. The van der Waals surface area contributed by atoms with Gasteiger partial charge in [0.2, 0.25) is 0 Å². The molecule has 0 saturated carbocycles. The van der Waals surface area contributed by atoms with E-state index >= 15 is 0 Å². The molecule has 2 aromatic rings. The van der Waals surface area contributed by atoms with Gasteiger partial charge in [-0.2, -0.15) is 5.10 Å². The van der Waals surface area contributed by atoms with Crippen molar-refractivity contribution in [1.29, 1.82) is 0 Å². The Morgan fingerprint density at radius 3 is 2.87 bits per heavy atom. The van der Waals surface area contributed by atoms with Gasteiger partial charge in [-0.3, -0.25) is 4.98 Å². The molecule has 1 heterocycles. The van der Waals surface area contributed by atoms with Gasteiger partial charge in [0.05, 0.1) is 12.8 Å². The normalized spacial score (nSPS) is 10.2. The number of nitrogens with zero attached hydrogens (tertiary/aromatic N) is 1. The van der Waals surface area contributed by atoms with Gasteiger partial charge < -0.3 is 10.5 Å². The number of methoxy groups -OCH3 is 1. The van der Waals surface area contributed by atoms with Gasteiger partial charge in [-0.1, -0.05) is 0 Å². The second-order valence-corrected chi connectivity index (χ2v) is 2.98. The molecule has 0 bridgehead atoms. The highest BCUT2D eigenvalue weighted by Gasteiger charge is 2.05. The summed E-state index contributed by atoms with van der Waals surface area (Å²) >= 11 is 0. The highest BCUT2D eigenvalue weighted by atomic mass is 16.5. The molecule has 1 aromatic carbocycles. The summed E-state index contributed by atoms with van der Waals surface area (Å²) in [7, 11) is 1.53. The van der Waals surface area contributed by atoms with Crippen LogP contribution in [0.25, 0.3) is 11.4 Å². The Morgan fingerprint density at radius 1 is 1.47 bits per heavy atom. The number of benzene rings is 1. The van der Waals surface area contributed by atoms with Gasteiger partial charge in [0, 0.05) is 5.56 Å². The van der Waals surface area contributed by atoms with Crippen LogP contribution < -0.4 is 16.2 Å². The van der Waals surface area contributed by atoms with E-state index in [1.165, 1.54) is 7.11 Å². The zero-order valence-electron chi connectivity index (χ0n) is 8.07. The molecule has 6 nitrogen and oxygen atoms in total.